The first kappa shape index (κ1) is 27.2. The minimum absolute atomic E-state index is 0.0517. The van der Waals surface area contributed by atoms with Crippen molar-refractivity contribution in [2.75, 3.05) is 14.2 Å². The smallest absolute Gasteiger partial charge is 0.229 e. The van der Waals surface area contributed by atoms with Crippen molar-refractivity contribution in [1.29, 1.82) is 0 Å². The van der Waals surface area contributed by atoms with E-state index in [0.717, 1.165) is 22.4 Å². The number of phenols is 1. The van der Waals surface area contributed by atoms with Gasteiger partial charge in [-0.05, 0) is 80.5 Å². The van der Waals surface area contributed by atoms with Crippen LogP contribution in [0.5, 0.6) is 23.0 Å². The minimum atomic E-state index is -1.49. The zero-order chi connectivity index (χ0) is 28.2. The number of aliphatic hydroxyl groups is 3. The minimum Gasteiger partial charge on any atom is -0.507 e. The topological polar surface area (TPSA) is 130 Å². The molecule has 2 aliphatic heterocycles. The lowest BCUT2D eigenvalue weighted by Gasteiger charge is -2.39. The molecule has 6 atom stereocenters. The van der Waals surface area contributed by atoms with Crippen LogP contribution in [0.15, 0.2) is 35.3 Å². The lowest BCUT2D eigenvalue weighted by Crippen LogP contribution is -2.58. The van der Waals surface area contributed by atoms with Gasteiger partial charge in [0, 0.05) is 11.3 Å². The SMILES string of the molecule is COc1c2c(cc(O[C@@H]3O[C@@H](C)[C@H](O)[C@@H](O)[C@H]3O)c1-c1ccc(O)c3c(OC)cc(C)cc13)C[C@@H](C)N=C2C. The Morgan fingerprint density at radius 2 is 1.64 bits per heavy atom. The molecule has 0 aromatic heterocycles. The quantitative estimate of drug-likeness (QED) is 0.389. The van der Waals surface area contributed by atoms with Crippen molar-refractivity contribution in [2.45, 2.75) is 70.9 Å². The molecule has 3 aromatic carbocycles. The number of phenolic OH excluding ortho intramolecular Hbond substituents is 1. The fourth-order valence-corrected chi connectivity index (χ4v) is 5.73. The van der Waals surface area contributed by atoms with Crippen molar-refractivity contribution in [3.8, 4) is 34.1 Å². The van der Waals surface area contributed by atoms with Crippen LogP contribution < -0.4 is 14.2 Å². The maximum Gasteiger partial charge on any atom is 0.229 e. The first-order valence-electron chi connectivity index (χ1n) is 13.0. The highest BCUT2D eigenvalue weighted by Gasteiger charge is 2.43. The van der Waals surface area contributed by atoms with Gasteiger partial charge >= 0.3 is 0 Å². The van der Waals surface area contributed by atoms with E-state index in [-0.39, 0.29) is 11.8 Å². The predicted octanol–water partition coefficient (Wildman–Crippen LogP) is 3.50. The molecule has 1 saturated heterocycles. The molecule has 0 amide bonds. The molecule has 0 radical (unpaired) electrons. The molecule has 3 aromatic rings. The van der Waals surface area contributed by atoms with Gasteiger partial charge in [-0.2, -0.15) is 0 Å². The van der Waals surface area contributed by atoms with Crippen molar-refractivity contribution in [2.24, 2.45) is 4.99 Å². The third-order valence-electron chi connectivity index (χ3n) is 7.56. The van der Waals surface area contributed by atoms with Crippen LogP contribution in [0.2, 0.25) is 0 Å². The van der Waals surface area contributed by atoms with E-state index in [1.54, 1.807) is 33.3 Å². The van der Waals surface area contributed by atoms with Gasteiger partial charge in [0.15, 0.2) is 0 Å². The summed E-state index contributed by atoms with van der Waals surface area (Å²) in [4.78, 5) is 4.78. The van der Waals surface area contributed by atoms with E-state index in [1.807, 2.05) is 39.0 Å². The van der Waals surface area contributed by atoms with Crippen LogP contribution in [0, 0.1) is 6.92 Å². The van der Waals surface area contributed by atoms with E-state index in [2.05, 4.69) is 0 Å². The van der Waals surface area contributed by atoms with Crippen molar-refractivity contribution >= 4 is 16.5 Å². The number of aliphatic imine (C=N–C) groups is 1. The normalized spacial score (nSPS) is 26.6. The first-order valence-corrected chi connectivity index (χ1v) is 13.0. The Morgan fingerprint density at radius 3 is 2.33 bits per heavy atom. The number of hydrogen-bond acceptors (Lipinski definition) is 9. The van der Waals surface area contributed by atoms with Crippen molar-refractivity contribution in [3.05, 3.63) is 47.0 Å². The van der Waals surface area contributed by atoms with Gasteiger partial charge in [0.1, 0.15) is 41.3 Å². The number of aliphatic hydroxyl groups excluding tert-OH is 3. The van der Waals surface area contributed by atoms with Crippen molar-refractivity contribution in [3.63, 3.8) is 0 Å². The maximum atomic E-state index is 10.8. The number of aryl methyl sites for hydroxylation is 1. The van der Waals surface area contributed by atoms with Crippen LogP contribution in [-0.4, -0.2) is 77.1 Å². The van der Waals surface area contributed by atoms with E-state index in [9.17, 15) is 20.4 Å². The predicted molar refractivity (Wildman–Crippen MR) is 147 cm³/mol. The second kappa shape index (κ2) is 10.3. The van der Waals surface area contributed by atoms with E-state index in [1.165, 1.54) is 0 Å². The number of fused-ring (bicyclic) bond motifs is 2. The first-order chi connectivity index (χ1) is 18.5. The fourth-order valence-electron chi connectivity index (χ4n) is 5.73. The zero-order valence-electron chi connectivity index (χ0n) is 22.9. The van der Waals surface area contributed by atoms with Crippen LogP contribution in [0.1, 0.15) is 37.5 Å². The van der Waals surface area contributed by atoms with Crippen molar-refractivity contribution in [1.82, 2.24) is 0 Å². The summed E-state index contributed by atoms with van der Waals surface area (Å²) in [6, 6.07) is 9.13. The van der Waals surface area contributed by atoms with Crippen LogP contribution >= 0.6 is 0 Å². The molecule has 39 heavy (non-hydrogen) atoms. The van der Waals surface area contributed by atoms with Gasteiger partial charge in [0.05, 0.1) is 37.3 Å². The number of nitrogens with zero attached hydrogens (tertiary/aromatic N) is 1. The molecule has 208 valence electrons. The molecule has 1 fully saturated rings. The molecule has 0 bridgehead atoms. The Morgan fingerprint density at radius 1 is 0.897 bits per heavy atom. The lowest BCUT2D eigenvalue weighted by molar-refractivity contribution is -0.268. The summed E-state index contributed by atoms with van der Waals surface area (Å²) in [5.41, 5.74) is 4.83. The molecule has 0 aliphatic carbocycles. The molecule has 0 saturated carbocycles. The van der Waals surface area contributed by atoms with E-state index in [4.69, 9.17) is 23.9 Å². The third-order valence-corrected chi connectivity index (χ3v) is 7.56. The highest BCUT2D eigenvalue weighted by molar-refractivity contribution is 6.10. The summed E-state index contributed by atoms with van der Waals surface area (Å²) in [5.74, 6) is 1.47. The van der Waals surface area contributed by atoms with E-state index >= 15 is 0 Å². The van der Waals surface area contributed by atoms with Crippen molar-refractivity contribution < 1.29 is 39.4 Å². The highest BCUT2D eigenvalue weighted by Crippen LogP contribution is 2.49. The van der Waals surface area contributed by atoms with Gasteiger partial charge in [0.2, 0.25) is 6.29 Å². The number of aromatic hydroxyl groups is 1. The largest absolute Gasteiger partial charge is 0.507 e. The molecule has 0 unspecified atom stereocenters. The monoisotopic (exact) mass is 537 g/mol. The van der Waals surface area contributed by atoms with Gasteiger partial charge < -0.3 is 39.4 Å². The van der Waals surface area contributed by atoms with Crippen LogP contribution in [0.3, 0.4) is 0 Å². The summed E-state index contributed by atoms with van der Waals surface area (Å²) in [7, 11) is 3.13. The van der Waals surface area contributed by atoms with Crippen LogP contribution in [-0.2, 0) is 11.2 Å². The summed E-state index contributed by atoms with van der Waals surface area (Å²) in [6.07, 6.45) is -5.57. The molecule has 2 heterocycles. The average Bonchev–Trinajstić information content (AvgIpc) is 2.89. The maximum absolute atomic E-state index is 10.8. The molecule has 9 heteroatoms. The molecular formula is C30H35NO8. The standard InChI is InChI=1S/C30H35NO8/c1-13-9-19-18(7-8-20(32)24(19)21(10-13)36-5)25-22(39-30-28(35)27(34)26(33)16(4)38-30)12-17-11-14(2)31-15(3)23(17)29(25)37-6/h7-10,12,14,16,26-28,30,32-35H,11H2,1-6H3/t14-,16+,26+,27-,28-,30+/m1/s1. The summed E-state index contributed by atoms with van der Waals surface area (Å²) in [6.45, 7) is 7.52. The van der Waals surface area contributed by atoms with E-state index < -0.39 is 30.7 Å². The molecule has 2 aliphatic rings. The number of benzene rings is 3. The van der Waals surface area contributed by atoms with Gasteiger partial charge in [-0.1, -0.05) is 6.07 Å². The molecular weight excluding hydrogens is 502 g/mol. The van der Waals surface area contributed by atoms with Gasteiger partial charge in [-0.3, -0.25) is 4.99 Å². The lowest BCUT2D eigenvalue weighted by atomic mass is 9.87. The molecule has 4 N–H and O–H groups in total. The van der Waals surface area contributed by atoms with Gasteiger partial charge in [-0.25, -0.2) is 0 Å². The van der Waals surface area contributed by atoms with Crippen LogP contribution in [0.4, 0.5) is 0 Å². The molecule has 9 nitrogen and oxygen atoms in total. The zero-order valence-corrected chi connectivity index (χ0v) is 22.9. The fraction of sp³-hybridized carbons (Fsp3) is 0.433. The number of methoxy groups -OCH3 is 2. The van der Waals surface area contributed by atoms with Gasteiger partial charge in [0.25, 0.3) is 0 Å². The van der Waals surface area contributed by atoms with Gasteiger partial charge in [-0.15, -0.1) is 0 Å². The number of ether oxygens (including phenoxy) is 4. The summed E-state index contributed by atoms with van der Waals surface area (Å²) < 4.78 is 23.8. The van der Waals surface area contributed by atoms with Crippen LogP contribution in [0.25, 0.3) is 21.9 Å². The Kier molecular flexibility index (Phi) is 7.19. The number of rotatable bonds is 5. The highest BCUT2D eigenvalue weighted by atomic mass is 16.7. The average molecular weight is 538 g/mol. The Labute approximate surface area is 227 Å². The Bertz CT molecular complexity index is 1450. The Balaban J connectivity index is 1.80. The van der Waals surface area contributed by atoms with E-state index in [0.29, 0.717) is 45.6 Å². The summed E-state index contributed by atoms with van der Waals surface area (Å²) in [5, 5.41) is 43.4. The summed E-state index contributed by atoms with van der Waals surface area (Å²) >= 11 is 0. The number of hydrogen-bond donors (Lipinski definition) is 4. The third kappa shape index (κ3) is 4.59. The second-order valence-electron chi connectivity index (χ2n) is 10.4. The Hall–Kier alpha value is -3.37. The molecule has 5 rings (SSSR count). The molecule has 0 spiro atoms. The second-order valence-corrected chi connectivity index (χ2v) is 10.4.